The molecule has 19 heavy (non-hydrogen) atoms. The van der Waals surface area contributed by atoms with Gasteiger partial charge in [0.1, 0.15) is 0 Å². The average molecular weight is 262 g/mol. The SMILES string of the molecule is COc1c(N)cccc1C(=O)N1CC2CCC(C1)O2. The third-order valence-electron chi connectivity index (χ3n) is 3.81. The summed E-state index contributed by atoms with van der Waals surface area (Å²) >= 11 is 0. The zero-order valence-corrected chi connectivity index (χ0v) is 11.0. The number of benzene rings is 1. The fourth-order valence-corrected chi connectivity index (χ4v) is 2.90. The van der Waals surface area contributed by atoms with Crippen molar-refractivity contribution in [3.8, 4) is 5.75 Å². The number of fused-ring (bicyclic) bond motifs is 2. The molecule has 2 unspecified atom stereocenters. The molecule has 1 aromatic rings. The molecule has 0 aliphatic carbocycles. The first-order valence-corrected chi connectivity index (χ1v) is 6.56. The van der Waals surface area contributed by atoms with Crippen LogP contribution < -0.4 is 10.5 Å². The number of nitrogen functional groups attached to an aromatic ring is 1. The molecule has 0 radical (unpaired) electrons. The Balaban J connectivity index is 1.86. The number of amides is 1. The van der Waals surface area contributed by atoms with Gasteiger partial charge in [-0.15, -0.1) is 0 Å². The molecule has 2 bridgehead atoms. The second-order valence-corrected chi connectivity index (χ2v) is 5.10. The first-order chi connectivity index (χ1) is 9.19. The highest BCUT2D eigenvalue weighted by atomic mass is 16.5. The van der Waals surface area contributed by atoms with Crippen LogP contribution in [-0.4, -0.2) is 43.2 Å². The molecule has 5 heteroatoms. The fourth-order valence-electron chi connectivity index (χ4n) is 2.90. The smallest absolute Gasteiger partial charge is 0.257 e. The Morgan fingerprint density at radius 3 is 2.68 bits per heavy atom. The van der Waals surface area contributed by atoms with Crippen molar-refractivity contribution in [3.63, 3.8) is 0 Å². The van der Waals surface area contributed by atoms with Gasteiger partial charge in [-0.3, -0.25) is 4.79 Å². The fraction of sp³-hybridized carbons (Fsp3) is 0.500. The van der Waals surface area contributed by atoms with E-state index < -0.39 is 0 Å². The van der Waals surface area contributed by atoms with E-state index in [1.165, 1.54) is 7.11 Å². The van der Waals surface area contributed by atoms with E-state index in [0.29, 0.717) is 30.1 Å². The van der Waals surface area contributed by atoms with Crippen molar-refractivity contribution in [1.29, 1.82) is 0 Å². The summed E-state index contributed by atoms with van der Waals surface area (Å²) in [6, 6.07) is 5.27. The molecule has 102 valence electrons. The summed E-state index contributed by atoms with van der Waals surface area (Å²) in [4.78, 5) is 14.4. The van der Waals surface area contributed by atoms with Crippen LogP contribution in [0.15, 0.2) is 18.2 Å². The second kappa shape index (κ2) is 4.74. The van der Waals surface area contributed by atoms with Crippen LogP contribution >= 0.6 is 0 Å². The summed E-state index contributed by atoms with van der Waals surface area (Å²) in [7, 11) is 1.53. The lowest BCUT2D eigenvalue weighted by Gasteiger charge is -2.32. The number of hydrogen-bond acceptors (Lipinski definition) is 4. The first-order valence-electron chi connectivity index (χ1n) is 6.56. The molecule has 3 rings (SSSR count). The molecule has 2 atom stereocenters. The third kappa shape index (κ3) is 2.14. The second-order valence-electron chi connectivity index (χ2n) is 5.10. The van der Waals surface area contributed by atoms with Gasteiger partial charge < -0.3 is 20.1 Å². The summed E-state index contributed by atoms with van der Waals surface area (Å²) in [6.07, 6.45) is 2.47. The van der Waals surface area contributed by atoms with E-state index in [1.807, 2.05) is 4.90 Å². The van der Waals surface area contributed by atoms with E-state index in [2.05, 4.69) is 0 Å². The van der Waals surface area contributed by atoms with Crippen LogP contribution in [0.5, 0.6) is 5.75 Å². The van der Waals surface area contributed by atoms with Crippen molar-refractivity contribution in [1.82, 2.24) is 4.90 Å². The molecule has 1 amide bonds. The number of likely N-dealkylation sites (tertiary alicyclic amines) is 1. The number of nitrogens with two attached hydrogens (primary N) is 1. The molecule has 2 saturated heterocycles. The highest BCUT2D eigenvalue weighted by Crippen LogP contribution is 2.31. The number of carbonyl (C=O) groups is 1. The van der Waals surface area contributed by atoms with Crippen molar-refractivity contribution in [3.05, 3.63) is 23.8 Å². The highest BCUT2D eigenvalue weighted by Gasteiger charge is 2.36. The number of rotatable bonds is 2. The Kier molecular flexibility index (Phi) is 3.06. The standard InChI is InChI=1S/C14H18N2O3/c1-18-13-11(3-2-4-12(13)15)14(17)16-7-9-5-6-10(8-16)19-9/h2-4,9-10H,5-8,15H2,1H3. The Morgan fingerprint density at radius 1 is 1.37 bits per heavy atom. The maximum absolute atomic E-state index is 12.6. The highest BCUT2D eigenvalue weighted by molar-refractivity contribution is 5.98. The predicted molar refractivity (Wildman–Crippen MR) is 71.2 cm³/mol. The largest absolute Gasteiger partial charge is 0.494 e. The van der Waals surface area contributed by atoms with Crippen molar-refractivity contribution < 1.29 is 14.3 Å². The third-order valence-corrected chi connectivity index (χ3v) is 3.81. The quantitative estimate of drug-likeness (QED) is 0.815. The molecule has 2 aliphatic rings. The molecular weight excluding hydrogens is 244 g/mol. The van der Waals surface area contributed by atoms with Crippen LogP contribution in [0.2, 0.25) is 0 Å². The molecule has 5 nitrogen and oxygen atoms in total. The number of nitrogens with zero attached hydrogens (tertiary/aromatic N) is 1. The number of methoxy groups -OCH3 is 1. The molecule has 2 fully saturated rings. The van der Waals surface area contributed by atoms with E-state index in [4.69, 9.17) is 15.2 Å². The van der Waals surface area contributed by atoms with Crippen molar-refractivity contribution in [2.75, 3.05) is 25.9 Å². The van der Waals surface area contributed by atoms with Crippen LogP contribution in [0, 0.1) is 0 Å². The Hall–Kier alpha value is -1.75. The van der Waals surface area contributed by atoms with Gasteiger partial charge in [0.15, 0.2) is 5.75 Å². The summed E-state index contributed by atoms with van der Waals surface area (Å²) in [5.41, 5.74) is 6.87. The summed E-state index contributed by atoms with van der Waals surface area (Å²) < 4.78 is 11.0. The first kappa shape index (κ1) is 12.3. The van der Waals surface area contributed by atoms with Gasteiger partial charge in [-0.05, 0) is 25.0 Å². The zero-order chi connectivity index (χ0) is 13.4. The van der Waals surface area contributed by atoms with Gasteiger partial charge >= 0.3 is 0 Å². The van der Waals surface area contributed by atoms with Gasteiger partial charge in [-0.25, -0.2) is 0 Å². The van der Waals surface area contributed by atoms with Gasteiger partial charge in [0.2, 0.25) is 0 Å². The van der Waals surface area contributed by atoms with Crippen molar-refractivity contribution in [2.45, 2.75) is 25.0 Å². The Labute approximate surface area is 112 Å². The van der Waals surface area contributed by atoms with E-state index in [9.17, 15) is 4.79 Å². The van der Waals surface area contributed by atoms with Crippen molar-refractivity contribution in [2.24, 2.45) is 0 Å². The molecule has 0 spiro atoms. The normalized spacial score (nSPS) is 25.4. The van der Waals surface area contributed by atoms with Gasteiger partial charge in [-0.1, -0.05) is 6.07 Å². The van der Waals surface area contributed by atoms with E-state index in [-0.39, 0.29) is 18.1 Å². The molecule has 0 aromatic heterocycles. The molecular formula is C14H18N2O3. The lowest BCUT2D eigenvalue weighted by Crippen LogP contribution is -2.45. The minimum absolute atomic E-state index is 0.0237. The average Bonchev–Trinajstić information content (AvgIpc) is 2.76. The van der Waals surface area contributed by atoms with E-state index in [0.717, 1.165) is 12.8 Å². The van der Waals surface area contributed by atoms with Gasteiger partial charge in [0.25, 0.3) is 5.91 Å². The summed E-state index contributed by atoms with van der Waals surface area (Å²) in [6.45, 7) is 1.32. The topological polar surface area (TPSA) is 64.8 Å². The maximum Gasteiger partial charge on any atom is 0.257 e. The summed E-state index contributed by atoms with van der Waals surface area (Å²) in [5.74, 6) is 0.440. The van der Waals surface area contributed by atoms with Crippen LogP contribution in [0.1, 0.15) is 23.2 Å². The molecule has 1 aromatic carbocycles. The lowest BCUT2D eigenvalue weighted by molar-refractivity contribution is -0.0304. The monoisotopic (exact) mass is 262 g/mol. The van der Waals surface area contributed by atoms with Crippen molar-refractivity contribution >= 4 is 11.6 Å². The Bertz CT molecular complexity index is 491. The predicted octanol–water partition coefficient (Wildman–Crippen LogP) is 1.28. The molecule has 2 N–H and O–H groups in total. The summed E-state index contributed by atoms with van der Waals surface area (Å²) in [5, 5.41) is 0. The van der Waals surface area contributed by atoms with Crippen LogP contribution in [0.3, 0.4) is 0 Å². The van der Waals surface area contributed by atoms with Gasteiger partial charge in [0, 0.05) is 13.1 Å². The van der Waals surface area contributed by atoms with Crippen LogP contribution in [0.25, 0.3) is 0 Å². The number of morpholine rings is 1. The van der Waals surface area contributed by atoms with Crippen LogP contribution in [0.4, 0.5) is 5.69 Å². The number of para-hydroxylation sites is 1. The number of carbonyl (C=O) groups excluding carboxylic acids is 1. The number of hydrogen-bond donors (Lipinski definition) is 1. The lowest BCUT2D eigenvalue weighted by atomic mass is 10.1. The number of ether oxygens (including phenoxy) is 2. The minimum atomic E-state index is -0.0237. The molecule has 0 saturated carbocycles. The van der Waals surface area contributed by atoms with E-state index >= 15 is 0 Å². The van der Waals surface area contributed by atoms with Crippen LogP contribution in [-0.2, 0) is 4.74 Å². The maximum atomic E-state index is 12.6. The molecule has 2 heterocycles. The minimum Gasteiger partial charge on any atom is -0.494 e. The molecule has 2 aliphatic heterocycles. The zero-order valence-electron chi connectivity index (χ0n) is 11.0. The van der Waals surface area contributed by atoms with Gasteiger partial charge in [0.05, 0.1) is 30.6 Å². The Morgan fingerprint density at radius 2 is 2.05 bits per heavy atom. The van der Waals surface area contributed by atoms with Gasteiger partial charge in [-0.2, -0.15) is 0 Å². The van der Waals surface area contributed by atoms with E-state index in [1.54, 1.807) is 18.2 Å². The number of anilines is 1.